The Morgan fingerprint density at radius 1 is 0.793 bits per heavy atom. The molecule has 0 saturated heterocycles. The average Bonchev–Trinajstić information content (AvgIpc) is 2.71. The van der Waals surface area contributed by atoms with Crippen LogP contribution in [0.4, 0.5) is 0 Å². The lowest BCUT2D eigenvalue weighted by molar-refractivity contribution is -0.140. The molecule has 0 unspecified atom stereocenters. The van der Waals surface area contributed by atoms with Crippen molar-refractivity contribution in [1.82, 2.24) is 4.90 Å². The first-order chi connectivity index (χ1) is 13.7. The minimum absolute atomic E-state index is 0.0575. The topological polar surface area (TPSA) is 57.2 Å². The summed E-state index contributed by atoms with van der Waals surface area (Å²) < 4.78 is 21.5. The van der Waals surface area contributed by atoms with Gasteiger partial charge in [0, 0.05) is 18.5 Å². The molecule has 0 aliphatic carbocycles. The lowest BCUT2D eigenvalue weighted by atomic mass is 9.94. The maximum Gasteiger partial charge on any atom is 0.228 e. The Kier molecular flexibility index (Phi) is 7.37. The van der Waals surface area contributed by atoms with Crippen molar-refractivity contribution in [3.8, 4) is 23.0 Å². The fraction of sp³-hybridized carbons (Fsp3) is 0.435. The first kappa shape index (κ1) is 22.4. The minimum atomic E-state index is -0.507. The number of ether oxygens (including phenoxy) is 4. The molecule has 6 heteroatoms. The number of methoxy groups -OCH3 is 4. The van der Waals surface area contributed by atoms with Gasteiger partial charge in [0.1, 0.15) is 5.75 Å². The van der Waals surface area contributed by atoms with Gasteiger partial charge in [0.25, 0.3) is 0 Å². The number of rotatable bonds is 8. The summed E-state index contributed by atoms with van der Waals surface area (Å²) in [6.45, 7) is 6.66. The highest BCUT2D eigenvalue weighted by atomic mass is 16.5. The van der Waals surface area contributed by atoms with Crippen LogP contribution >= 0.6 is 0 Å². The van der Waals surface area contributed by atoms with Gasteiger partial charge in [-0.2, -0.15) is 0 Å². The van der Waals surface area contributed by atoms with Crippen molar-refractivity contribution in [2.45, 2.75) is 33.9 Å². The van der Waals surface area contributed by atoms with Gasteiger partial charge in [-0.05, 0) is 35.4 Å². The summed E-state index contributed by atoms with van der Waals surface area (Å²) in [6, 6.07) is 11.5. The highest BCUT2D eigenvalue weighted by Crippen LogP contribution is 2.38. The highest BCUT2D eigenvalue weighted by Gasteiger charge is 2.28. The molecule has 6 nitrogen and oxygen atoms in total. The Hall–Kier alpha value is -2.89. The van der Waals surface area contributed by atoms with E-state index in [1.165, 1.54) is 0 Å². The maximum atomic E-state index is 13.1. The Morgan fingerprint density at radius 2 is 1.31 bits per heavy atom. The molecular formula is C23H31NO5. The summed E-state index contributed by atoms with van der Waals surface area (Å²) >= 11 is 0. The molecule has 0 spiro atoms. The summed E-state index contributed by atoms with van der Waals surface area (Å²) in [6.07, 6.45) is 0. The molecule has 2 rings (SSSR count). The molecule has 2 aromatic rings. The zero-order valence-electron chi connectivity index (χ0n) is 18.4. The summed E-state index contributed by atoms with van der Waals surface area (Å²) in [4.78, 5) is 15.0. The largest absolute Gasteiger partial charge is 0.497 e. The first-order valence-electron chi connectivity index (χ1n) is 9.44. The molecule has 0 N–H and O–H groups in total. The molecule has 29 heavy (non-hydrogen) atoms. The Bertz CT molecular complexity index is 799. The molecule has 1 amide bonds. The molecule has 0 saturated carbocycles. The molecule has 0 aliphatic heterocycles. The first-order valence-corrected chi connectivity index (χ1v) is 9.44. The predicted octanol–water partition coefficient (Wildman–Crippen LogP) is 4.30. The molecule has 158 valence electrons. The second-order valence-corrected chi connectivity index (χ2v) is 7.79. The van der Waals surface area contributed by atoms with E-state index in [0.717, 1.165) is 16.9 Å². The van der Waals surface area contributed by atoms with Crippen LogP contribution in [0.2, 0.25) is 0 Å². The van der Waals surface area contributed by atoms with Gasteiger partial charge in [-0.15, -0.1) is 0 Å². The van der Waals surface area contributed by atoms with Crippen molar-refractivity contribution in [3.63, 3.8) is 0 Å². The summed E-state index contributed by atoms with van der Waals surface area (Å²) in [5.74, 6) is 2.50. The van der Waals surface area contributed by atoms with Crippen molar-refractivity contribution in [1.29, 1.82) is 0 Å². The lowest BCUT2D eigenvalue weighted by Crippen LogP contribution is -2.38. The number of hydrogen-bond acceptors (Lipinski definition) is 5. The van der Waals surface area contributed by atoms with Gasteiger partial charge >= 0.3 is 0 Å². The van der Waals surface area contributed by atoms with Crippen LogP contribution in [0.1, 0.15) is 31.9 Å². The number of hydrogen-bond donors (Lipinski definition) is 0. The van der Waals surface area contributed by atoms with Crippen LogP contribution in [0.15, 0.2) is 36.4 Å². The standard InChI is InChI=1S/C23H31NO5/c1-23(2,3)22(25)24(14-16-8-10-18(26-4)11-9-16)15-17-12-19(27-5)21(29-7)20(13-17)28-6/h8-13H,14-15H2,1-7H3. The molecular weight excluding hydrogens is 370 g/mol. The Labute approximate surface area is 173 Å². The van der Waals surface area contributed by atoms with E-state index in [0.29, 0.717) is 30.3 Å². The Balaban J connectivity index is 2.37. The average molecular weight is 402 g/mol. The van der Waals surface area contributed by atoms with Gasteiger partial charge in [-0.25, -0.2) is 0 Å². The SMILES string of the molecule is COc1ccc(CN(Cc2cc(OC)c(OC)c(OC)c2)C(=O)C(C)(C)C)cc1. The van der Waals surface area contributed by atoms with Crippen molar-refractivity contribution in [3.05, 3.63) is 47.5 Å². The van der Waals surface area contributed by atoms with Crippen LogP contribution in [0.25, 0.3) is 0 Å². The zero-order valence-corrected chi connectivity index (χ0v) is 18.4. The second kappa shape index (κ2) is 9.54. The smallest absolute Gasteiger partial charge is 0.228 e. The van der Waals surface area contributed by atoms with E-state index in [4.69, 9.17) is 18.9 Å². The van der Waals surface area contributed by atoms with E-state index in [1.54, 1.807) is 28.4 Å². The molecule has 0 heterocycles. The van der Waals surface area contributed by atoms with Crippen LogP contribution < -0.4 is 18.9 Å². The van der Waals surface area contributed by atoms with E-state index in [-0.39, 0.29) is 5.91 Å². The monoisotopic (exact) mass is 401 g/mol. The fourth-order valence-electron chi connectivity index (χ4n) is 3.07. The van der Waals surface area contributed by atoms with Crippen molar-refractivity contribution in [2.75, 3.05) is 28.4 Å². The molecule has 0 aromatic heterocycles. The predicted molar refractivity (Wildman–Crippen MR) is 113 cm³/mol. The quantitative estimate of drug-likeness (QED) is 0.660. The van der Waals surface area contributed by atoms with E-state index in [9.17, 15) is 4.79 Å². The van der Waals surface area contributed by atoms with Gasteiger partial charge in [0.2, 0.25) is 11.7 Å². The van der Waals surface area contributed by atoms with Gasteiger partial charge < -0.3 is 23.8 Å². The molecule has 0 fully saturated rings. The molecule has 0 aliphatic rings. The van der Waals surface area contributed by atoms with E-state index in [2.05, 4.69) is 0 Å². The number of carbonyl (C=O) groups excluding carboxylic acids is 1. The van der Waals surface area contributed by atoms with Gasteiger partial charge in [-0.1, -0.05) is 32.9 Å². The van der Waals surface area contributed by atoms with E-state index >= 15 is 0 Å². The highest BCUT2D eigenvalue weighted by molar-refractivity contribution is 5.81. The molecule has 0 radical (unpaired) electrons. The van der Waals surface area contributed by atoms with Crippen LogP contribution in [-0.2, 0) is 17.9 Å². The van der Waals surface area contributed by atoms with Crippen LogP contribution in [-0.4, -0.2) is 39.2 Å². The number of benzene rings is 2. The normalized spacial score (nSPS) is 11.0. The van der Waals surface area contributed by atoms with Crippen LogP contribution in [0, 0.1) is 5.41 Å². The van der Waals surface area contributed by atoms with Crippen LogP contribution in [0.3, 0.4) is 0 Å². The van der Waals surface area contributed by atoms with Crippen molar-refractivity contribution < 1.29 is 23.7 Å². The number of carbonyl (C=O) groups is 1. The van der Waals surface area contributed by atoms with Crippen molar-refractivity contribution in [2.24, 2.45) is 5.41 Å². The van der Waals surface area contributed by atoms with Crippen LogP contribution in [0.5, 0.6) is 23.0 Å². The third-order valence-electron chi connectivity index (χ3n) is 4.56. The van der Waals surface area contributed by atoms with E-state index < -0.39 is 5.41 Å². The Morgan fingerprint density at radius 3 is 1.72 bits per heavy atom. The van der Waals surface area contributed by atoms with Crippen molar-refractivity contribution >= 4 is 5.91 Å². The maximum absolute atomic E-state index is 13.1. The van der Waals surface area contributed by atoms with E-state index in [1.807, 2.05) is 62.1 Å². The van der Waals surface area contributed by atoms with Gasteiger partial charge in [0.05, 0.1) is 28.4 Å². The minimum Gasteiger partial charge on any atom is -0.497 e. The second-order valence-electron chi connectivity index (χ2n) is 7.79. The van der Waals surface area contributed by atoms with Gasteiger partial charge in [-0.3, -0.25) is 4.79 Å². The number of amides is 1. The van der Waals surface area contributed by atoms with Gasteiger partial charge in [0.15, 0.2) is 11.5 Å². The summed E-state index contributed by atoms with van der Waals surface area (Å²) in [5, 5.41) is 0. The molecule has 0 atom stereocenters. The third-order valence-corrected chi connectivity index (χ3v) is 4.56. The lowest BCUT2D eigenvalue weighted by Gasteiger charge is -2.30. The summed E-state index contributed by atoms with van der Waals surface area (Å²) in [7, 11) is 6.36. The zero-order chi connectivity index (χ0) is 21.6. The molecule has 2 aromatic carbocycles. The molecule has 0 bridgehead atoms. The number of nitrogens with zero attached hydrogens (tertiary/aromatic N) is 1. The third kappa shape index (κ3) is 5.56. The fourth-order valence-corrected chi connectivity index (χ4v) is 3.07. The summed E-state index contributed by atoms with van der Waals surface area (Å²) in [5.41, 5.74) is 1.41.